The molecule has 0 saturated carbocycles. The van der Waals surface area contributed by atoms with Crippen LogP contribution in [-0.4, -0.2) is 23.7 Å². The van der Waals surface area contributed by atoms with Crippen LogP contribution < -0.4 is 10.1 Å². The van der Waals surface area contributed by atoms with E-state index in [-0.39, 0.29) is 18.6 Å². The molecule has 0 saturated heterocycles. The molecule has 2 N–H and O–H groups in total. The number of carbonyl (C=O) groups is 1. The fourth-order valence-corrected chi connectivity index (χ4v) is 2.56. The van der Waals surface area contributed by atoms with Gasteiger partial charge in [-0.1, -0.05) is 6.07 Å². The van der Waals surface area contributed by atoms with E-state index >= 15 is 0 Å². The van der Waals surface area contributed by atoms with Crippen LogP contribution in [0.25, 0.3) is 0 Å². The average Bonchev–Trinajstić information content (AvgIpc) is 2.72. The smallest absolute Gasteiger partial charge is 0.224 e. The number of benzene rings is 1. The molecule has 1 aromatic carbocycles. The summed E-state index contributed by atoms with van der Waals surface area (Å²) in [6.45, 7) is 0.150. The lowest BCUT2D eigenvalue weighted by atomic mass is 9.98. The second-order valence-corrected chi connectivity index (χ2v) is 4.58. The zero-order valence-electron chi connectivity index (χ0n) is 9.53. The first-order valence-electron chi connectivity index (χ1n) is 6.00. The van der Waals surface area contributed by atoms with Crippen LogP contribution in [0.15, 0.2) is 12.1 Å². The van der Waals surface area contributed by atoms with Crippen molar-refractivity contribution in [3.05, 3.63) is 23.3 Å². The first-order valence-corrected chi connectivity index (χ1v) is 6.00. The van der Waals surface area contributed by atoms with Gasteiger partial charge in [-0.25, -0.2) is 0 Å². The van der Waals surface area contributed by atoms with E-state index in [1.807, 2.05) is 12.1 Å². The van der Waals surface area contributed by atoms with E-state index in [2.05, 4.69) is 5.32 Å². The van der Waals surface area contributed by atoms with Crippen molar-refractivity contribution in [3.63, 3.8) is 0 Å². The molecule has 1 unspecified atom stereocenters. The number of hydrogen-bond acceptors (Lipinski definition) is 3. The van der Waals surface area contributed by atoms with Crippen molar-refractivity contribution in [3.8, 4) is 5.75 Å². The van der Waals surface area contributed by atoms with Gasteiger partial charge in [-0.15, -0.1) is 0 Å². The molecular formula is C13H15NO3. The van der Waals surface area contributed by atoms with E-state index in [4.69, 9.17) is 9.84 Å². The molecule has 4 nitrogen and oxygen atoms in total. The molecule has 17 heavy (non-hydrogen) atoms. The fourth-order valence-electron chi connectivity index (χ4n) is 2.56. The lowest BCUT2D eigenvalue weighted by molar-refractivity contribution is -0.116. The maximum atomic E-state index is 11.3. The van der Waals surface area contributed by atoms with Crippen LogP contribution >= 0.6 is 0 Å². The van der Waals surface area contributed by atoms with E-state index in [0.29, 0.717) is 12.8 Å². The highest BCUT2D eigenvalue weighted by atomic mass is 16.5. The molecular weight excluding hydrogens is 218 g/mol. The number of ether oxygens (including phenoxy) is 1. The Labute approximate surface area is 99.6 Å². The predicted octanol–water partition coefficient (Wildman–Crippen LogP) is 1.26. The Hall–Kier alpha value is -1.55. The summed E-state index contributed by atoms with van der Waals surface area (Å²) in [6, 6.07) is 3.97. The van der Waals surface area contributed by atoms with Crippen molar-refractivity contribution in [2.75, 3.05) is 11.9 Å². The van der Waals surface area contributed by atoms with Gasteiger partial charge in [0, 0.05) is 37.1 Å². The highest BCUT2D eigenvalue weighted by molar-refractivity contribution is 5.94. The normalized spacial score (nSPS) is 21.5. The number of amides is 1. The van der Waals surface area contributed by atoms with Crippen molar-refractivity contribution in [2.24, 2.45) is 0 Å². The van der Waals surface area contributed by atoms with Crippen LogP contribution in [0.5, 0.6) is 5.75 Å². The van der Waals surface area contributed by atoms with Crippen molar-refractivity contribution < 1.29 is 14.6 Å². The molecule has 1 aromatic rings. The quantitative estimate of drug-likeness (QED) is 0.808. The van der Waals surface area contributed by atoms with Crippen LogP contribution in [0, 0.1) is 0 Å². The van der Waals surface area contributed by atoms with Gasteiger partial charge in [0.1, 0.15) is 11.9 Å². The van der Waals surface area contributed by atoms with Gasteiger partial charge in [0.25, 0.3) is 0 Å². The highest BCUT2D eigenvalue weighted by Crippen LogP contribution is 2.39. The standard InChI is InChI=1S/C13H15NO3/c15-6-5-9-7-8-1-3-11-10(13(8)17-9)2-4-12(16)14-11/h1,3,9,15H,2,4-7H2,(H,14,16). The topological polar surface area (TPSA) is 58.6 Å². The minimum Gasteiger partial charge on any atom is -0.489 e. The molecule has 0 aliphatic carbocycles. The number of fused-ring (bicyclic) bond motifs is 3. The molecule has 2 heterocycles. The van der Waals surface area contributed by atoms with Crippen LogP contribution in [0.1, 0.15) is 24.0 Å². The number of carbonyl (C=O) groups excluding carboxylic acids is 1. The van der Waals surface area contributed by atoms with Crippen molar-refractivity contribution in [1.82, 2.24) is 0 Å². The van der Waals surface area contributed by atoms with Crippen molar-refractivity contribution in [1.29, 1.82) is 0 Å². The molecule has 2 aliphatic rings. The number of aliphatic hydroxyl groups excluding tert-OH is 1. The number of anilines is 1. The summed E-state index contributed by atoms with van der Waals surface area (Å²) in [6.07, 6.45) is 2.87. The highest BCUT2D eigenvalue weighted by Gasteiger charge is 2.28. The molecule has 0 aromatic heterocycles. The number of rotatable bonds is 2. The summed E-state index contributed by atoms with van der Waals surface area (Å²) >= 11 is 0. The maximum absolute atomic E-state index is 11.3. The molecule has 1 amide bonds. The number of nitrogens with one attached hydrogen (secondary N) is 1. The van der Waals surface area contributed by atoms with Crippen LogP contribution in [0.3, 0.4) is 0 Å². The second-order valence-electron chi connectivity index (χ2n) is 4.58. The van der Waals surface area contributed by atoms with E-state index < -0.39 is 0 Å². The molecule has 0 bridgehead atoms. The molecule has 4 heteroatoms. The first-order chi connectivity index (χ1) is 8.28. The van der Waals surface area contributed by atoms with Crippen LogP contribution in [0.4, 0.5) is 5.69 Å². The molecule has 0 radical (unpaired) electrons. The molecule has 2 aliphatic heterocycles. The third-order valence-electron chi connectivity index (χ3n) is 3.40. The largest absolute Gasteiger partial charge is 0.489 e. The van der Waals surface area contributed by atoms with Gasteiger partial charge < -0.3 is 15.2 Å². The van der Waals surface area contributed by atoms with Crippen molar-refractivity contribution >= 4 is 11.6 Å². The maximum Gasteiger partial charge on any atom is 0.224 e. The monoisotopic (exact) mass is 233 g/mol. The zero-order valence-corrected chi connectivity index (χ0v) is 9.53. The summed E-state index contributed by atoms with van der Waals surface area (Å²) < 4.78 is 5.87. The Morgan fingerprint density at radius 2 is 2.29 bits per heavy atom. The molecule has 0 fully saturated rings. The summed E-state index contributed by atoms with van der Waals surface area (Å²) in [4.78, 5) is 11.3. The summed E-state index contributed by atoms with van der Waals surface area (Å²) in [7, 11) is 0. The minimum atomic E-state index is 0.0716. The number of hydrogen-bond donors (Lipinski definition) is 2. The van der Waals surface area contributed by atoms with Gasteiger partial charge in [-0.3, -0.25) is 4.79 Å². The fraction of sp³-hybridized carbons (Fsp3) is 0.462. The molecule has 3 rings (SSSR count). The third kappa shape index (κ3) is 1.78. The van der Waals surface area contributed by atoms with Gasteiger partial charge >= 0.3 is 0 Å². The molecule has 90 valence electrons. The van der Waals surface area contributed by atoms with Crippen LogP contribution in [0.2, 0.25) is 0 Å². The first kappa shape index (κ1) is 10.6. The second kappa shape index (κ2) is 4.04. The molecule has 1 atom stereocenters. The van der Waals surface area contributed by atoms with Gasteiger partial charge in [0.2, 0.25) is 5.91 Å². The van der Waals surface area contributed by atoms with Crippen LogP contribution in [-0.2, 0) is 17.6 Å². The lowest BCUT2D eigenvalue weighted by Gasteiger charge is -2.19. The Kier molecular flexibility index (Phi) is 2.52. The predicted molar refractivity (Wildman–Crippen MR) is 63.2 cm³/mol. The van der Waals surface area contributed by atoms with E-state index in [1.54, 1.807) is 0 Å². The number of aliphatic hydroxyl groups is 1. The zero-order chi connectivity index (χ0) is 11.8. The van der Waals surface area contributed by atoms with E-state index in [0.717, 1.165) is 29.8 Å². The Morgan fingerprint density at radius 1 is 1.41 bits per heavy atom. The van der Waals surface area contributed by atoms with Gasteiger partial charge in [-0.05, 0) is 18.1 Å². The summed E-state index contributed by atoms with van der Waals surface area (Å²) in [5.41, 5.74) is 3.19. The SMILES string of the molecule is O=C1CCc2c(ccc3c2OC(CCO)C3)N1. The lowest BCUT2D eigenvalue weighted by Crippen LogP contribution is -2.20. The summed E-state index contributed by atoms with van der Waals surface area (Å²) in [5, 5.41) is 11.8. The van der Waals surface area contributed by atoms with E-state index in [1.165, 1.54) is 5.56 Å². The van der Waals surface area contributed by atoms with E-state index in [9.17, 15) is 4.79 Å². The third-order valence-corrected chi connectivity index (χ3v) is 3.40. The van der Waals surface area contributed by atoms with Gasteiger partial charge in [0.05, 0.1) is 0 Å². The molecule has 0 spiro atoms. The Bertz CT molecular complexity index is 470. The Balaban J connectivity index is 1.93. The van der Waals surface area contributed by atoms with Crippen molar-refractivity contribution in [2.45, 2.75) is 31.8 Å². The Morgan fingerprint density at radius 3 is 3.12 bits per heavy atom. The van der Waals surface area contributed by atoms with Gasteiger partial charge in [-0.2, -0.15) is 0 Å². The summed E-state index contributed by atoms with van der Waals surface area (Å²) in [5.74, 6) is 1.00. The minimum absolute atomic E-state index is 0.0716. The average molecular weight is 233 g/mol. The van der Waals surface area contributed by atoms with Gasteiger partial charge in [0.15, 0.2) is 0 Å².